The van der Waals surface area contributed by atoms with Gasteiger partial charge >= 0.3 is 5.97 Å². The van der Waals surface area contributed by atoms with Gasteiger partial charge in [-0.2, -0.15) is 0 Å². The number of benzene rings is 3. The summed E-state index contributed by atoms with van der Waals surface area (Å²) < 4.78 is 17.1. The first-order valence-corrected chi connectivity index (χ1v) is 12.9. The highest BCUT2D eigenvalue weighted by molar-refractivity contribution is 9.10. The molecule has 0 N–H and O–H groups in total. The molecule has 1 fully saturated rings. The van der Waals surface area contributed by atoms with E-state index in [0.29, 0.717) is 39.4 Å². The van der Waals surface area contributed by atoms with Crippen LogP contribution in [-0.2, 0) is 16.1 Å². The van der Waals surface area contributed by atoms with Gasteiger partial charge in [-0.1, -0.05) is 45.8 Å². The van der Waals surface area contributed by atoms with Crippen LogP contribution in [0.3, 0.4) is 0 Å². The number of halogens is 1. The molecule has 3 aromatic carbocycles. The number of amides is 1. The number of aryl methyl sites for hydroxylation is 1. The molecule has 0 aromatic heterocycles. The Hall–Kier alpha value is -3.56. The molecule has 4 rings (SSSR count). The Balaban J connectivity index is 1.54. The van der Waals surface area contributed by atoms with Crippen molar-refractivity contribution in [3.8, 4) is 11.5 Å². The minimum Gasteiger partial charge on any atom is -0.493 e. The van der Waals surface area contributed by atoms with Crippen molar-refractivity contribution in [2.75, 3.05) is 21.3 Å². The predicted molar refractivity (Wildman–Crippen MR) is 149 cm³/mol. The number of likely N-dealkylation sites (N-methyl/N-ethyl adjacent to an activating group) is 1. The van der Waals surface area contributed by atoms with Gasteiger partial charge in [0, 0.05) is 11.5 Å². The van der Waals surface area contributed by atoms with E-state index >= 15 is 0 Å². The Morgan fingerprint density at radius 3 is 2.41 bits per heavy atom. The third-order valence-electron chi connectivity index (χ3n) is 5.60. The van der Waals surface area contributed by atoms with E-state index in [1.54, 1.807) is 44.5 Å². The number of carbonyl (C=O) groups is 2. The molecule has 1 amide bonds. The van der Waals surface area contributed by atoms with Gasteiger partial charge in [-0.05, 0) is 72.3 Å². The van der Waals surface area contributed by atoms with Crippen LogP contribution in [0.15, 0.2) is 75.0 Å². The van der Waals surface area contributed by atoms with Gasteiger partial charge in [0.05, 0.1) is 30.4 Å². The number of rotatable bonds is 7. The molecular weight excluding hydrogens is 556 g/mol. The van der Waals surface area contributed by atoms with Gasteiger partial charge in [0.1, 0.15) is 6.61 Å². The fraction of sp³-hybridized carbons (Fsp3) is 0.179. The zero-order valence-corrected chi connectivity index (χ0v) is 23.2. The molecule has 0 bridgehead atoms. The van der Waals surface area contributed by atoms with Crippen LogP contribution in [0.5, 0.6) is 11.5 Å². The van der Waals surface area contributed by atoms with Crippen molar-refractivity contribution in [2.45, 2.75) is 13.5 Å². The minimum absolute atomic E-state index is 0.166. The summed E-state index contributed by atoms with van der Waals surface area (Å²) in [6.07, 6.45) is 1.79. The van der Waals surface area contributed by atoms with Crippen molar-refractivity contribution in [3.63, 3.8) is 0 Å². The first-order chi connectivity index (χ1) is 17.8. The van der Waals surface area contributed by atoms with Crippen LogP contribution in [0, 0.1) is 6.92 Å². The molecule has 3 aromatic rings. The van der Waals surface area contributed by atoms with Gasteiger partial charge in [0.15, 0.2) is 16.7 Å². The van der Waals surface area contributed by atoms with Gasteiger partial charge in [-0.25, -0.2) is 9.79 Å². The van der Waals surface area contributed by atoms with Crippen LogP contribution < -0.4 is 9.47 Å². The number of amidine groups is 1. The lowest BCUT2D eigenvalue weighted by Gasteiger charge is -2.13. The molecule has 0 radical (unpaired) electrons. The molecule has 1 aliphatic heterocycles. The summed E-state index contributed by atoms with van der Waals surface area (Å²) in [5.41, 5.74) is 4.07. The molecule has 1 aliphatic rings. The van der Waals surface area contributed by atoms with E-state index in [4.69, 9.17) is 14.2 Å². The Bertz CT molecular complexity index is 1380. The fourth-order valence-electron chi connectivity index (χ4n) is 3.47. The standard InChI is InChI=1S/C28H25BrN2O5S/c1-17-5-7-18(8-6-17)16-36-24-15-22(29)20(13-23(24)34-3)14-25-26(32)31(2)28(37-25)30-21-11-9-19(10-12-21)27(33)35-4/h5-15H,16H2,1-4H3/b25-14-,30-28?. The van der Waals surface area contributed by atoms with Crippen molar-refractivity contribution in [1.29, 1.82) is 0 Å². The molecule has 0 spiro atoms. The Kier molecular flexibility index (Phi) is 8.35. The topological polar surface area (TPSA) is 77.4 Å². The van der Waals surface area contributed by atoms with Gasteiger partial charge < -0.3 is 14.2 Å². The van der Waals surface area contributed by atoms with E-state index < -0.39 is 5.97 Å². The molecule has 9 heteroatoms. The van der Waals surface area contributed by atoms with Crippen LogP contribution in [0.2, 0.25) is 0 Å². The molecule has 0 unspecified atom stereocenters. The van der Waals surface area contributed by atoms with Crippen LogP contribution in [0.25, 0.3) is 6.08 Å². The second-order valence-corrected chi connectivity index (χ2v) is 10.1. The number of carbonyl (C=O) groups excluding carboxylic acids is 2. The molecule has 0 atom stereocenters. The zero-order valence-electron chi connectivity index (χ0n) is 20.8. The molecule has 1 heterocycles. The normalized spacial score (nSPS) is 15.4. The summed E-state index contributed by atoms with van der Waals surface area (Å²) in [4.78, 5) is 31.2. The lowest BCUT2D eigenvalue weighted by atomic mass is 10.1. The van der Waals surface area contributed by atoms with E-state index in [2.05, 4.69) is 20.9 Å². The van der Waals surface area contributed by atoms with E-state index in [1.165, 1.54) is 29.3 Å². The number of ether oxygens (including phenoxy) is 3. The van der Waals surface area contributed by atoms with E-state index in [1.807, 2.05) is 43.3 Å². The number of esters is 1. The highest BCUT2D eigenvalue weighted by atomic mass is 79.9. The van der Waals surface area contributed by atoms with Crippen LogP contribution >= 0.6 is 27.7 Å². The van der Waals surface area contributed by atoms with E-state index in [0.717, 1.165) is 15.6 Å². The number of nitrogens with zero attached hydrogens (tertiary/aromatic N) is 2. The minimum atomic E-state index is -0.417. The number of methoxy groups -OCH3 is 2. The molecule has 190 valence electrons. The Morgan fingerprint density at radius 1 is 1.05 bits per heavy atom. The Labute approximate surface area is 228 Å². The second-order valence-electron chi connectivity index (χ2n) is 8.21. The SMILES string of the molecule is COC(=O)c1ccc(N=C2S/C(=C\c3cc(OC)c(OCc4ccc(C)cc4)cc3Br)C(=O)N2C)cc1. The van der Waals surface area contributed by atoms with Gasteiger partial charge in [0.2, 0.25) is 0 Å². The largest absolute Gasteiger partial charge is 0.493 e. The average Bonchev–Trinajstić information content (AvgIpc) is 3.17. The summed E-state index contributed by atoms with van der Waals surface area (Å²) in [5.74, 6) is 0.572. The highest BCUT2D eigenvalue weighted by Gasteiger charge is 2.30. The van der Waals surface area contributed by atoms with Crippen molar-refractivity contribution >= 4 is 56.5 Å². The monoisotopic (exact) mass is 580 g/mol. The lowest BCUT2D eigenvalue weighted by molar-refractivity contribution is -0.121. The van der Waals surface area contributed by atoms with Crippen LogP contribution in [0.1, 0.15) is 27.0 Å². The first-order valence-electron chi connectivity index (χ1n) is 11.3. The van der Waals surface area contributed by atoms with Crippen molar-refractivity contribution in [3.05, 3.63) is 92.3 Å². The summed E-state index contributed by atoms with van der Waals surface area (Å²) in [5, 5.41) is 0.531. The molecular formula is C28H25BrN2O5S. The van der Waals surface area contributed by atoms with Crippen molar-refractivity contribution < 1.29 is 23.8 Å². The maximum Gasteiger partial charge on any atom is 0.337 e. The maximum atomic E-state index is 12.9. The third kappa shape index (κ3) is 6.23. The van der Waals surface area contributed by atoms with Crippen molar-refractivity contribution in [2.24, 2.45) is 4.99 Å². The summed E-state index contributed by atoms with van der Waals surface area (Å²) in [6.45, 7) is 2.45. The van der Waals surface area contributed by atoms with Gasteiger partial charge in [-0.3, -0.25) is 9.69 Å². The second kappa shape index (κ2) is 11.7. The summed E-state index contributed by atoms with van der Waals surface area (Å²) in [6, 6.07) is 18.5. The average molecular weight is 581 g/mol. The van der Waals surface area contributed by atoms with Gasteiger partial charge in [-0.15, -0.1) is 0 Å². The molecule has 1 saturated heterocycles. The fourth-order valence-corrected chi connectivity index (χ4v) is 4.89. The number of aliphatic imine (C=N–C) groups is 1. The van der Waals surface area contributed by atoms with Crippen molar-refractivity contribution in [1.82, 2.24) is 4.90 Å². The first kappa shape index (κ1) is 26.5. The van der Waals surface area contributed by atoms with Crippen LogP contribution in [0.4, 0.5) is 5.69 Å². The highest BCUT2D eigenvalue weighted by Crippen LogP contribution is 2.38. The zero-order chi connectivity index (χ0) is 26.5. The van der Waals surface area contributed by atoms with Gasteiger partial charge in [0.25, 0.3) is 5.91 Å². The number of hydrogen-bond donors (Lipinski definition) is 0. The maximum absolute atomic E-state index is 12.9. The van der Waals surface area contributed by atoms with E-state index in [-0.39, 0.29) is 5.91 Å². The molecule has 7 nitrogen and oxygen atoms in total. The van der Waals surface area contributed by atoms with E-state index in [9.17, 15) is 9.59 Å². The lowest BCUT2D eigenvalue weighted by Crippen LogP contribution is -2.23. The molecule has 0 saturated carbocycles. The number of thioether (sulfide) groups is 1. The summed E-state index contributed by atoms with van der Waals surface area (Å²) in [7, 11) is 4.59. The van der Waals surface area contributed by atoms with Crippen LogP contribution in [-0.4, -0.2) is 43.2 Å². The summed E-state index contributed by atoms with van der Waals surface area (Å²) >= 11 is 4.87. The Morgan fingerprint density at radius 2 is 1.76 bits per heavy atom. The predicted octanol–water partition coefficient (Wildman–Crippen LogP) is 6.37. The smallest absolute Gasteiger partial charge is 0.337 e. The number of hydrogen-bond acceptors (Lipinski definition) is 7. The molecule has 37 heavy (non-hydrogen) atoms. The third-order valence-corrected chi connectivity index (χ3v) is 7.35. The quantitative estimate of drug-likeness (QED) is 0.239. The molecule has 0 aliphatic carbocycles.